The van der Waals surface area contributed by atoms with E-state index in [2.05, 4.69) is 58.0 Å². The molecule has 0 amide bonds. The second kappa shape index (κ2) is 8.70. The van der Waals surface area contributed by atoms with E-state index in [0.717, 1.165) is 62.5 Å². The molecule has 0 aliphatic carbocycles. The summed E-state index contributed by atoms with van der Waals surface area (Å²) in [5, 5.41) is 8.16. The van der Waals surface area contributed by atoms with Gasteiger partial charge in [-0.05, 0) is 38.3 Å². The molecule has 3 fully saturated rings. The van der Waals surface area contributed by atoms with Gasteiger partial charge in [-0.15, -0.1) is 0 Å². The molecule has 166 valence electrons. The van der Waals surface area contributed by atoms with Crippen LogP contribution in [-0.4, -0.2) is 46.5 Å². The first kappa shape index (κ1) is 20.6. The smallest absolute Gasteiger partial charge is 0.136 e. The lowest BCUT2D eigenvalue weighted by atomic mass is 9.82. The molecule has 0 aromatic carbocycles. The van der Waals surface area contributed by atoms with Gasteiger partial charge in [-0.1, -0.05) is 12.7 Å². The van der Waals surface area contributed by atoms with E-state index in [1.165, 1.54) is 5.56 Å². The molecule has 3 aliphatic rings. The van der Waals surface area contributed by atoms with Crippen LogP contribution in [-0.2, 0) is 6.54 Å². The third-order valence-electron chi connectivity index (χ3n) is 7.06. The van der Waals surface area contributed by atoms with Gasteiger partial charge in [0.1, 0.15) is 5.82 Å². The van der Waals surface area contributed by atoms with Crippen LogP contribution in [0.2, 0.25) is 0 Å². The highest BCUT2D eigenvalue weighted by atomic mass is 15.4. The topological polar surface area (TPSA) is 96.1 Å². The quantitative estimate of drug-likeness (QED) is 0.583. The Bertz CT molecular complexity index is 924. The molecule has 3 aliphatic heterocycles. The molecule has 4 unspecified atom stereocenters. The van der Waals surface area contributed by atoms with Crippen LogP contribution >= 0.6 is 0 Å². The predicted molar refractivity (Wildman–Crippen MR) is 123 cm³/mol. The van der Waals surface area contributed by atoms with Gasteiger partial charge in [-0.2, -0.15) is 5.10 Å². The Labute approximate surface area is 184 Å². The number of rotatable bonds is 5. The third kappa shape index (κ3) is 4.01. The van der Waals surface area contributed by atoms with E-state index in [9.17, 15) is 0 Å². The van der Waals surface area contributed by atoms with Crippen LogP contribution in [0.5, 0.6) is 0 Å². The van der Waals surface area contributed by atoms with Crippen LogP contribution < -0.4 is 26.8 Å². The number of pyridine rings is 1. The van der Waals surface area contributed by atoms with Gasteiger partial charge in [0.2, 0.25) is 0 Å². The van der Waals surface area contributed by atoms with Crippen LogP contribution in [0.4, 0.5) is 5.82 Å². The van der Waals surface area contributed by atoms with Gasteiger partial charge in [-0.25, -0.2) is 10.4 Å². The zero-order valence-corrected chi connectivity index (χ0v) is 18.3. The van der Waals surface area contributed by atoms with Crippen molar-refractivity contribution in [1.82, 2.24) is 30.9 Å². The number of hydrazine groups is 1. The summed E-state index contributed by atoms with van der Waals surface area (Å²) in [5.41, 5.74) is 16.7. The largest absolute Gasteiger partial charge is 0.355 e. The number of hydrogen-bond donors (Lipinski definition) is 4. The monoisotopic (exact) mass is 422 g/mol. The fourth-order valence-electron chi connectivity index (χ4n) is 5.31. The van der Waals surface area contributed by atoms with Gasteiger partial charge in [0, 0.05) is 67.5 Å². The highest BCUT2D eigenvalue weighted by Gasteiger charge is 2.42. The maximum absolute atomic E-state index is 6.25. The summed E-state index contributed by atoms with van der Waals surface area (Å²) in [6, 6.07) is 5.39. The number of aryl methyl sites for hydroxylation is 1. The fraction of sp³-hybridized carbons (Fsp3) is 0.565. The van der Waals surface area contributed by atoms with Crippen molar-refractivity contribution in [3.8, 4) is 0 Å². The molecular formula is C23H34N8. The summed E-state index contributed by atoms with van der Waals surface area (Å²) in [7, 11) is 0. The summed E-state index contributed by atoms with van der Waals surface area (Å²) in [4.78, 5) is 7.48. The molecule has 0 spiro atoms. The molecular weight excluding hydrogens is 388 g/mol. The first-order valence-corrected chi connectivity index (χ1v) is 11.6. The Hall–Kier alpha value is -2.26. The third-order valence-corrected chi connectivity index (χ3v) is 7.06. The molecule has 2 aromatic rings. The van der Waals surface area contributed by atoms with E-state index in [1.807, 2.05) is 17.0 Å². The first-order chi connectivity index (χ1) is 15.2. The van der Waals surface area contributed by atoms with Crippen molar-refractivity contribution in [2.24, 2.45) is 11.7 Å². The molecule has 2 aromatic heterocycles. The van der Waals surface area contributed by atoms with E-state index in [4.69, 9.17) is 10.7 Å². The molecule has 5 rings (SSSR count). The summed E-state index contributed by atoms with van der Waals surface area (Å²) in [5.74, 6) is 1.47. The maximum atomic E-state index is 6.25. The summed E-state index contributed by atoms with van der Waals surface area (Å²) in [6.45, 7) is 9.80. The van der Waals surface area contributed by atoms with E-state index < -0.39 is 0 Å². The van der Waals surface area contributed by atoms with Gasteiger partial charge in [0.25, 0.3) is 0 Å². The number of aromatic nitrogens is 3. The number of hydrogen-bond acceptors (Lipinski definition) is 7. The van der Waals surface area contributed by atoms with Crippen molar-refractivity contribution in [3.63, 3.8) is 0 Å². The van der Waals surface area contributed by atoms with Crippen molar-refractivity contribution in [2.45, 2.75) is 56.9 Å². The maximum Gasteiger partial charge on any atom is 0.136 e. The van der Waals surface area contributed by atoms with E-state index in [1.54, 1.807) is 0 Å². The van der Waals surface area contributed by atoms with Gasteiger partial charge in [-0.3, -0.25) is 10.1 Å². The minimum Gasteiger partial charge on any atom is -0.355 e. The van der Waals surface area contributed by atoms with Crippen molar-refractivity contribution in [1.29, 1.82) is 0 Å². The second-order valence-electron chi connectivity index (χ2n) is 9.06. The number of nitrogens with zero attached hydrogens (tertiary/aromatic N) is 4. The second-order valence-corrected chi connectivity index (χ2v) is 9.06. The molecule has 8 nitrogen and oxygen atoms in total. The Kier molecular flexibility index (Phi) is 5.79. The Morgan fingerprint density at radius 1 is 1.32 bits per heavy atom. The normalized spacial score (nSPS) is 30.9. The molecule has 3 saturated heterocycles. The van der Waals surface area contributed by atoms with Crippen LogP contribution in [0.1, 0.15) is 55.1 Å². The number of nitrogens with two attached hydrogens (primary N) is 1. The lowest BCUT2D eigenvalue weighted by molar-refractivity contribution is 0.265. The van der Waals surface area contributed by atoms with Crippen LogP contribution in [0, 0.1) is 5.92 Å². The molecule has 5 atom stereocenters. The number of piperidine rings is 2. The Morgan fingerprint density at radius 3 is 3.00 bits per heavy atom. The molecule has 31 heavy (non-hydrogen) atoms. The molecule has 5 N–H and O–H groups in total. The highest BCUT2D eigenvalue weighted by Crippen LogP contribution is 2.38. The van der Waals surface area contributed by atoms with Gasteiger partial charge in [0.05, 0.1) is 17.9 Å². The van der Waals surface area contributed by atoms with Crippen LogP contribution in [0.25, 0.3) is 6.08 Å². The van der Waals surface area contributed by atoms with Crippen molar-refractivity contribution in [2.75, 3.05) is 24.5 Å². The van der Waals surface area contributed by atoms with Crippen LogP contribution in [0.3, 0.4) is 0 Å². The van der Waals surface area contributed by atoms with E-state index >= 15 is 0 Å². The average molecular weight is 423 g/mol. The SMILES string of the molecule is C=Cc1ccc(C2NNC3CNC(c4cnn(CC)c4)CC32)nc1N1CCC[C@H](N)C1. The Morgan fingerprint density at radius 2 is 2.23 bits per heavy atom. The van der Waals surface area contributed by atoms with Crippen molar-refractivity contribution in [3.05, 3.63) is 47.9 Å². The zero-order chi connectivity index (χ0) is 21.4. The Balaban J connectivity index is 1.39. The molecule has 0 radical (unpaired) electrons. The highest BCUT2D eigenvalue weighted by molar-refractivity contribution is 5.63. The molecule has 0 bridgehead atoms. The lowest BCUT2D eigenvalue weighted by Gasteiger charge is -2.35. The minimum atomic E-state index is 0.173. The van der Waals surface area contributed by atoms with Crippen LogP contribution in [0.15, 0.2) is 31.1 Å². The number of fused-ring (bicyclic) bond motifs is 1. The minimum absolute atomic E-state index is 0.173. The van der Waals surface area contributed by atoms with E-state index in [-0.39, 0.29) is 12.1 Å². The zero-order valence-electron chi connectivity index (χ0n) is 18.3. The fourth-order valence-corrected chi connectivity index (χ4v) is 5.31. The average Bonchev–Trinajstić information content (AvgIpc) is 3.45. The number of anilines is 1. The van der Waals surface area contributed by atoms with Gasteiger partial charge >= 0.3 is 0 Å². The van der Waals surface area contributed by atoms with Crippen molar-refractivity contribution >= 4 is 11.9 Å². The number of nitrogens with one attached hydrogen (secondary N) is 3. The summed E-state index contributed by atoms with van der Waals surface area (Å²) < 4.78 is 2.00. The molecule has 0 saturated carbocycles. The summed E-state index contributed by atoms with van der Waals surface area (Å²) >= 11 is 0. The predicted octanol–water partition coefficient (Wildman–Crippen LogP) is 1.74. The van der Waals surface area contributed by atoms with Gasteiger partial charge in [0.15, 0.2) is 0 Å². The van der Waals surface area contributed by atoms with E-state index in [0.29, 0.717) is 18.0 Å². The molecule has 8 heteroatoms. The summed E-state index contributed by atoms with van der Waals surface area (Å²) in [6.07, 6.45) is 9.30. The van der Waals surface area contributed by atoms with Crippen molar-refractivity contribution < 1.29 is 0 Å². The molecule has 5 heterocycles. The first-order valence-electron chi connectivity index (χ1n) is 11.6. The van der Waals surface area contributed by atoms with Gasteiger partial charge < -0.3 is 16.0 Å². The standard InChI is InChI=1S/C23H34N8/c1-3-15-7-8-19(27-23(15)30-9-5-6-17(24)14-30)22-18-10-20(25-12-21(18)28-29-22)16-11-26-31(4-2)13-16/h3,7-8,11,13,17-18,20-22,25,28-29H,1,4-6,9-10,12,14,24H2,2H3/t17-,18?,20?,21?,22?/m0/s1. The lowest BCUT2D eigenvalue weighted by Crippen LogP contribution is -2.46.